The minimum atomic E-state index is -1.14. The summed E-state index contributed by atoms with van der Waals surface area (Å²) < 4.78 is 7.43. The van der Waals surface area contributed by atoms with E-state index in [1.807, 2.05) is 90.4 Å². The Labute approximate surface area is 205 Å². The fourth-order valence-electron chi connectivity index (χ4n) is 5.07. The molecule has 3 aromatic carbocycles. The molecule has 1 aliphatic heterocycles. The number of fused-ring (bicyclic) bond motifs is 3. The van der Waals surface area contributed by atoms with E-state index in [1.54, 1.807) is 12.0 Å². The number of aromatic nitrogens is 1. The third-order valence-electron chi connectivity index (χ3n) is 6.93. The van der Waals surface area contributed by atoms with Crippen LogP contribution < -0.4 is 15.0 Å². The van der Waals surface area contributed by atoms with Gasteiger partial charge in [0, 0.05) is 28.7 Å². The maximum absolute atomic E-state index is 14.1. The Morgan fingerprint density at radius 3 is 2.46 bits per heavy atom. The first-order chi connectivity index (χ1) is 17.0. The summed E-state index contributed by atoms with van der Waals surface area (Å²) in [6.07, 6.45) is 0.752. The van der Waals surface area contributed by atoms with Crippen LogP contribution in [0.15, 0.2) is 78.9 Å². The third kappa shape index (κ3) is 3.75. The van der Waals surface area contributed by atoms with Crippen LogP contribution in [0.1, 0.15) is 35.5 Å². The number of nitrogens with one attached hydrogen (secondary N) is 1. The molecule has 1 aliphatic rings. The van der Waals surface area contributed by atoms with Gasteiger partial charge in [-0.2, -0.15) is 0 Å². The molecule has 0 aliphatic carbocycles. The second-order valence-electron chi connectivity index (χ2n) is 9.07. The molecule has 6 nitrogen and oxygen atoms in total. The second-order valence-corrected chi connectivity index (χ2v) is 9.07. The minimum Gasteiger partial charge on any atom is -0.496 e. The second kappa shape index (κ2) is 8.95. The van der Waals surface area contributed by atoms with Crippen LogP contribution in [0.25, 0.3) is 10.9 Å². The number of benzene rings is 3. The van der Waals surface area contributed by atoms with E-state index >= 15 is 0 Å². The van der Waals surface area contributed by atoms with Crippen molar-refractivity contribution in [1.82, 2.24) is 9.88 Å². The lowest BCUT2D eigenvalue weighted by Gasteiger charge is -2.44. The maximum Gasteiger partial charge on any atom is 0.275 e. The van der Waals surface area contributed by atoms with Crippen molar-refractivity contribution in [3.63, 3.8) is 0 Å². The first-order valence-electron chi connectivity index (χ1n) is 11.9. The lowest BCUT2D eigenvalue weighted by Crippen LogP contribution is -2.64. The van der Waals surface area contributed by atoms with Crippen LogP contribution in [0, 0.1) is 0 Å². The van der Waals surface area contributed by atoms with Crippen molar-refractivity contribution in [2.75, 3.05) is 12.0 Å². The van der Waals surface area contributed by atoms with E-state index in [0.717, 1.165) is 34.1 Å². The van der Waals surface area contributed by atoms with E-state index in [1.165, 1.54) is 0 Å². The van der Waals surface area contributed by atoms with Crippen molar-refractivity contribution in [2.24, 2.45) is 0 Å². The van der Waals surface area contributed by atoms with Crippen molar-refractivity contribution >= 4 is 28.4 Å². The van der Waals surface area contributed by atoms with E-state index in [9.17, 15) is 9.59 Å². The quantitative estimate of drug-likeness (QED) is 0.437. The van der Waals surface area contributed by atoms with Gasteiger partial charge >= 0.3 is 0 Å². The van der Waals surface area contributed by atoms with Crippen molar-refractivity contribution in [2.45, 2.75) is 38.9 Å². The van der Waals surface area contributed by atoms with Gasteiger partial charge in [0.05, 0.1) is 13.7 Å². The zero-order valence-corrected chi connectivity index (χ0v) is 20.2. The fraction of sp³-hybridized carbons (Fsp3) is 0.241. The monoisotopic (exact) mass is 467 g/mol. The van der Waals surface area contributed by atoms with Gasteiger partial charge in [-0.25, -0.2) is 0 Å². The van der Waals surface area contributed by atoms with Gasteiger partial charge in [0.15, 0.2) is 0 Å². The van der Waals surface area contributed by atoms with E-state index < -0.39 is 5.54 Å². The number of methoxy groups -OCH3 is 1. The normalized spacial score (nSPS) is 17.3. The molecule has 2 heterocycles. The van der Waals surface area contributed by atoms with Gasteiger partial charge in [0.2, 0.25) is 5.91 Å². The van der Waals surface area contributed by atoms with Gasteiger partial charge < -0.3 is 14.6 Å². The average molecular weight is 468 g/mol. The van der Waals surface area contributed by atoms with Crippen LogP contribution in [0.4, 0.5) is 5.69 Å². The van der Waals surface area contributed by atoms with Gasteiger partial charge in [-0.05, 0) is 43.2 Å². The van der Waals surface area contributed by atoms with Crippen LogP contribution in [0.2, 0.25) is 0 Å². The molecule has 1 aromatic heterocycles. The lowest BCUT2D eigenvalue weighted by molar-refractivity contribution is -0.126. The summed E-state index contributed by atoms with van der Waals surface area (Å²) in [6.45, 7) is 4.56. The SMILES string of the molecule is CCc1ccccc1N1C(=O)c2cc3ccccc3n2CC1(C)C(=O)NCc1ccccc1OC. The highest BCUT2D eigenvalue weighted by atomic mass is 16.5. The molecule has 1 N–H and O–H groups in total. The van der Waals surface area contributed by atoms with Crippen LogP contribution in [-0.4, -0.2) is 29.0 Å². The van der Waals surface area contributed by atoms with Crippen molar-refractivity contribution < 1.29 is 14.3 Å². The predicted molar refractivity (Wildman–Crippen MR) is 138 cm³/mol. The molecule has 0 bridgehead atoms. The van der Waals surface area contributed by atoms with Crippen molar-refractivity contribution in [1.29, 1.82) is 0 Å². The van der Waals surface area contributed by atoms with E-state index in [4.69, 9.17) is 4.74 Å². The molecule has 5 rings (SSSR count). The van der Waals surface area contributed by atoms with E-state index in [-0.39, 0.29) is 11.8 Å². The maximum atomic E-state index is 14.1. The van der Waals surface area contributed by atoms with Crippen molar-refractivity contribution in [3.8, 4) is 5.75 Å². The summed E-state index contributed by atoms with van der Waals surface area (Å²) in [5, 5.41) is 4.07. The van der Waals surface area contributed by atoms with Gasteiger partial charge in [-0.3, -0.25) is 14.5 Å². The predicted octanol–water partition coefficient (Wildman–Crippen LogP) is 4.95. The Morgan fingerprint density at radius 1 is 1.00 bits per heavy atom. The molecule has 4 aromatic rings. The van der Waals surface area contributed by atoms with Crippen LogP contribution in [0.5, 0.6) is 5.75 Å². The number of nitrogens with zero attached hydrogens (tertiary/aromatic N) is 2. The molecule has 178 valence electrons. The zero-order valence-electron chi connectivity index (χ0n) is 20.2. The highest BCUT2D eigenvalue weighted by Gasteiger charge is 2.49. The number of hydrogen-bond acceptors (Lipinski definition) is 3. The molecular weight excluding hydrogens is 438 g/mol. The van der Waals surface area contributed by atoms with Crippen molar-refractivity contribution in [3.05, 3.63) is 95.7 Å². The molecule has 1 atom stereocenters. The number of ether oxygens (including phenoxy) is 1. The summed E-state index contributed by atoms with van der Waals surface area (Å²) >= 11 is 0. The van der Waals surface area contributed by atoms with E-state index in [2.05, 4.69) is 12.2 Å². The summed E-state index contributed by atoms with van der Waals surface area (Å²) in [5.41, 5.74) is 3.07. The fourth-order valence-corrected chi connectivity index (χ4v) is 5.07. The number of rotatable bonds is 6. The third-order valence-corrected chi connectivity index (χ3v) is 6.93. The molecule has 6 heteroatoms. The Morgan fingerprint density at radius 2 is 1.69 bits per heavy atom. The Kier molecular flexibility index (Phi) is 5.81. The Bertz CT molecular complexity index is 1420. The molecule has 0 spiro atoms. The standard InChI is InChI=1S/C29H29N3O3/c1-4-20-11-5-9-15-24(20)32-27(33)25-17-21-12-6-8-14-23(21)31(25)19-29(32,2)28(34)30-18-22-13-7-10-16-26(22)35-3/h5-17H,4,18-19H2,1-3H3,(H,30,34). The molecule has 2 amide bonds. The minimum absolute atomic E-state index is 0.178. The highest BCUT2D eigenvalue weighted by Crippen LogP contribution is 2.37. The van der Waals surface area contributed by atoms with Gasteiger partial charge in [-0.1, -0.05) is 61.5 Å². The smallest absolute Gasteiger partial charge is 0.275 e. The van der Waals surface area contributed by atoms with Gasteiger partial charge in [0.1, 0.15) is 17.0 Å². The number of para-hydroxylation sites is 3. The summed E-state index contributed by atoms with van der Waals surface area (Å²) in [6, 6.07) is 25.3. The molecular formula is C29H29N3O3. The molecule has 0 saturated heterocycles. The average Bonchev–Trinajstić information content (AvgIpc) is 3.26. The lowest BCUT2D eigenvalue weighted by atomic mass is 9.92. The number of carbonyl (C=O) groups excluding carboxylic acids is 2. The van der Waals surface area contributed by atoms with Gasteiger partial charge in [0.25, 0.3) is 5.91 Å². The molecule has 35 heavy (non-hydrogen) atoms. The number of aryl methyl sites for hydroxylation is 1. The first-order valence-corrected chi connectivity index (χ1v) is 11.9. The van der Waals surface area contributed by atoms with Crippen LogP contribution in [-0.2, 0) is 24.3 Å². The largest absolute Gasteiger partial charge is 0.496 e. The number of hydrogen-bond donors (Lipinski definition) is 1. The Balaban J connectivity index is 1.60. The molecule has 1 unspecified atom stereocenters. The Hall–Kier alpha value is -4.06. The summed E-state index contributed by atoms with van der Waals surface area (Å²) in [4.78, 5) is 29.7. The summed E-state index contributed by atoms with van der Waals surface area (Å²) in [5.74, 6) is 0.318. The zero-order chi connectivity index (χ0) is 24.6. The van der Waals surface area contributed by atoms with Gasteiger partial charge in [-0.15, -0.1) is 0 Å². The first kappa shape index (κ1) is 22.7. The molecule has 0 fully saturated rings. The molecule has 0 radical (unpaired) electrons. The van der Waals surface area contributed by atoms with E-state index in [0.29, 0.717) is 24.5 Å². The molecule has 0 saturated carbocycles. The highest BCUT2D eigenvalue weighted by molar-refractivity contribution is 6.14. The number of anilines is 1. The summed E-state index contributed by atoms with van der Waals surface area (Å²) in [7, 11) is 1.61. The number of amides is 2. The van der Waals surface area contributed by atoms with Crippen LogP contribution in [0.3, 0.4) is 0 Å². The topological polar surface area (TPSA) is 63.6 Å². The number of carbonyl (C=O) groups is 2. The van der Waals surface area contributed by atoms with Crippen LogP contribution >= 0.6 is 0 Å².